The lowest BCUT2D eigenvalue weighted by Gasteiger charge is -2.21. The van der Waals surface area contributed by atoms with E-state index in [2.05, 4.69) is 51.7 Å². The van der Waals surface area contributed by atoms with Crippen LogP contribution in [0.5, 0.6) is 0 Å². The van der Waals surface area contributed by atoms with Gasteiger partial charge in [0, 0.05) is 11.8 Å². The molecule has 1 atom stereocenters. The molecule has 0 saturated carbocycles. The molecule has 1 unspecified atom stereocenters. The van der Waals surface area contributed by atoms with Gasteiger partial charge in [0.1, 0.15) is 0 Å². The standard InChI is InChI=1S/C12H27NS/c1-6-13-12(11(4)5)9-14-8-7-10(2)3/h10-13H,6-9H2,1-5H3. The van der Waals surface area contributed by atoms with Crippen LogP contribution in [0.25, 0.3) is 0 Å². The van der Waals surface area contributed by atoms with Gasteiger partial charge in [-0.1, -0.05) is 34.6 Å². The second kappa shape index (κ2) is 8.60. The lowest BCUT2D eigenvalue weighted by molar-refractivity contribution is 0.443. The van der Waals surface area contributed by atoms with E-state index in [-0.39, 0.29) is 0 Å². The molecule has 0 aliphatic heterocycles. The lowest BCUT2D eigenvalue weighted by atomic mass is 10.1. The molecule has 0 aliphatic rings. The highest BCUT2D eigenvalue weighted by atomic mass is 32.2. The summed E-state index contributed by atoms with van der Waals surface area (Å²) in [6, 6.07) is 0.692. The van der Waals surface area contributed by atoms with Crippen LogP contribution in [-0.2, 0) is 0 Å². The third-order valence-corrected chi connectivity index (χ3v) is 3.53. The van der Waals surface area contributed by atoms with E-state index in [9.17, 15) is 0 Å². The maximum absolute atomic E-state index is 3.55. The van der Waals surface area contributed by atoms with Gasteiger partial charge in [0.2, 0.25) is 0 Å². The summed E-state index contributed by atoms with van der Waals surface area (Å²) in [6.07, 6.45) is 1.35. The van der Waals surface area contributed by atoms with Crippen LogP contribution in [0.1, 0.15) is 41.0 Å². The predicted molar refractivity (Wildman–Crippen MR) is 69.1 cm³/mol. The van der Waals surface area contributed by atoms with Crippen molar-refractivity contribution in [3.05, 3.63) is 0 Å². The average molecular weight is 217 g/mol. The minimum absolute atomic E-state index is 0.692. The van der Waals surface area contributed by atoms with E-state index in [0.29, 0.717) is 6.04 Å². The molecule has 0 amide bonds. The number of thioether (sulfide) groups is 1. The normalized spacial score (nSPS) is 13.9. The molecule has 0 fully saturated rings. The topological polar surface area (TPSA) is 12.0 Å². The van der Waals surface area contributed by atoms with Crippen molar-refractivity contribution >= 4 is 11.8 Å². The van der Waals surface area contributed by atoms with Crippen LogP contribution < -0.4 is 5.32 Å². The number of nitrogens with one attached hydrogen (secondary N) is 1. The van der Waals surface area contributed by atoms with Crippen molar-refractivity contribution in [1.82, 2.24) is 5.32 Å². The molecule has 0 saturated heterocycles. The van der Waals surface area contributed by atoms with Crippen LogP contribution >= 0.6 is 11.8 Å². The zero-order chi connectivity index (χ0) is 11.0. The summed E-state index contributed by atoms with van der Waals surface area (Å²) in [4.78, 5) is 0. The van der Waals surface area contributed by atoms with E-state index in [1.165, 1.54) is 17.9 Å². The molecule has 1 N–H and O–H groups in total. The molecule has 0 bridgehead atoms. The molecule has 0 radical (unpaired) electrons. The summed E-state index contributed by atoms with van der Waals surface area (Å²) in [5.41, 5.74) is 0. The minimum atomic E-state index is 0.692. The lowest BCUT2D eigenvalue weighted by Crippen LogP contribution is -2.35. The third kappa shape index (κ3) is 7.69. The molecule has 0 rings (SSSR count). The third-order valence-electron chi connectivity index (χ3n) is 2.41. The zero-order valence-corrected chi connectivity index (χ0v) is 11.3. The quantitative estimate of drug-likeness (QED) is 0.625. The minimum Gasteiger partial charge on any atom is -0.313 e. The van der Waals surface area contributed by atoms with Gasteiger partial charge in [-0.3, -0.25) is 0 Å². The maximum atomic E-state index is 3.55. The molecule has 0 aromatic rings. The summed E-state index contributed by atoms with van der Waals surface area (Å²) in [5.74, 6) is 4.17. The molecule has 0 heterocycles. The second-order valence-corrected chi connectivity index (χ2v) is 5.82. The van der Waals surface area contributed by atoms with Gasteiger partial charge in [0.25, 0.3) is 0 Å². The maximum Gasteiger partial charge on any atom is 0.0181 e. The smallest absolute Gasteiger partial charge is 0.0181 e. The molecule has 2 heteroatoms. The zero-order valence-electron chi connectivity index (χ0n) is 10.5. The molecule has 86 valence electrons. The van der Waals surface area contributed by atoms with Gasteiger partial charge in [-0.2, -0.15) is 11.8 Å². The summed E-state index contributed by atoms with van der Waals surface area (Å²) < 4.78 is 0. The van der Waals surface area contributed by atoms with Crippen molar-refractivity contribution in [3.63, 3.8) is 0 Å². The van der Waals surface area contributed by atoms with E-state index in [4.69, 9.17) is 0 Å². The second-order valence-electron chi connectivity index (χ2n) is 4.67. The molecule has 0 aliphatic carbocycles. The summed E-state index contributed by atoms with van der Waals surface area (Å²) in [7, 11) is 0. The Balaban J connectivity index is 3.50. The highest BCUT2D eigenvalue weighted by Crippen LogP contribution is 2.13. The number of rotatable bonds is 8. The van der Waals surface area contributed by atoms with Gasteiger partial charge < -0.3 is 5.32 Å². The van der Waals surface area contributed by atoms with Crippen molar-refractivity contribution in [1.29, 1.82) is 0 Å². The van der Waals surface area contributed by atoms with Crippen molar-refractivity contribution in [2.24, 2.45) is 11.8 Å². The first kappa shape index (κ1) is 14.3. The Hall–Kier alpha value is 0.310. The van der Waals surface area contributed by atoms with E-state index in [1.807, 2.05) is 0 Å². The fourth-order valence-electron chi connectivity index (χ4n) is 1.28. The van der Waals surface area contributed by atoms with Gasteiger partial charge in [-0.25, -0.2) is 0 Å². The van der Waals surface area contributed by atoms with Crippen LogP contribution in [0.4, 0.5) is 0 Å². The molecule has 0 spiro atoms. The van der Waals surface area contributed by atoms with Gasteiger partial charge in [0.05, 0.1) is 0 Å². The summed E-state index contributed by atoms with van der Waals surface area (Å²) in [5, 5.41) is 3.55. The van der Waals surface area contributed by atoms with Crippen LogP contribution in [0.2, 0.25) is 0 Å². The molecule has 0 aromatic carbocycles. The van der Waals surface area contributed by atoms with E-state index in [1.54, 1.807) is 0 Å². The first-order chi connectivity index (χ1) is 6.57. The predicted octanol–water partition coefficient (Wildman–Crippen LogP) is 3.40. The molecular weight excluding hydrogens is 190 g/mol. The summed E-state index contributed by atoms with van der Waals surface area (Å²) >= 11 is 2.10. The van der Waals surface area contributed by atoms with Gasteiger partial charge >= 0.3 is 0 Å². The average Bonchev–Trinajstić information content (AvgIpc) is 2.09. The Kier molecular flexibility index (Phi) is 8.80. The number of hydrogen-bond acceptors (Lipinski definition) is 2. The fraction of sp³-hybridized carbons (Fsp3) is 1.00. The van der Waals surface area contributed by atoms with E-state index < -0.39 is 0 Å². The number of hydrogen-bond donors (Lipinski definition) is 1. The fourth-order valence-corrected chi connectivity index (χ4v) is 2.84. The van der Waals surface area contributed by atoms with Gasteiger partial charge in [-0.05, 0) is 30.6 Å². The highest BCUT2D eigenvalue weighted by molar-refractivity contribution is 7.99. The molecule has 0 aromatic heterocycles. The van der Waals surface area contributed by atoms with Crippen LogP contribution in [0.3, 0.4) is 0 Å². The first-order valence-electron chi connectivity index (χ1n) is 5.89. The van der Waals surface area contributed by atoms with Crippen molar-refractivity contribution in [2.45, 2.75) is 47.1 Å². The van der Waals surface area contributed by atoms with E-state index >= 15 is 0 Å². The highest BCUT2D eigenvalue weighted by Gasteiger charge is 2.11. The molecule has 14 heavy (non-hydrogen) atoms. The van der Waals surface area contributed by atoms with Crippen LogP contribution in [0, 0.1) is 11.8 Å². The van der Waals surface area contributed by atoms with Crippen LogP contribution in [-0.4, -0.2) is 24.1 Å². The Labute approximate surface area is 94.4 Å². The SMILES string of the molecule is CCNC(CSCCC(C)C)C(C)C. The van der Waals surface area contributed by atoms with Gasteiger partial charge in [0.15, 0.2) is 0 Å². The van der Waals surface area contributed by atoms with Crippen LogP contribution in [0.15, 0.2) is 0 Å². The van der Waals surface area contributed by atoms with Crippen molar-refractivity contribution in [3.8, 4) is 0 Å². The van der Waals surface area contributed by atoms with Crippen molar-refractivity contribution in [2.75, 3.05) is 18.1 Å². The molecular formula is C12H27NS. The first-order valence-corrected chi connectivity index (χ1v) is 7.04. The Morgan fingerprint density at radius 1 is 1.14 bits per heavy atom. The van der Waals surface area contributed by atoms with Gasteiger partial charge in [-0.15, -0.1) is 0 Å². The summed E-state index contributed by atoms with van der Waals surface area (Å²) in [6.45, 7) is 12.5. The Morgan fingerprint density at radius 3 is 2.21 bits per heavy atom. The Morgan fingerprint density at radius 2 is 1.79 bits per heavy atom. The van der Waals surface area contributed by atoms with Crippen molar-refractivity contribution < 1.29 is 0 Å². The molecule has 1 nitrogen and oxygen atoms in total. The Bertz CT molecular complexity index is 123. The largest absolute Gasteiger partial charge is 0.313 e. The van der Waals surface area contributed by atoms with E-state index in [0.717, 1.165) is 18.4 Å². The monoisotopic (exact) mass is 217 g/mol.